The van der Waals surface area contributed by atoms with Gasteiger partial charge in [0.2, 0.25) is 0 Å². The molecular formula is C27H25F2N7O2. The molecule has 2 amide bonds. The van der Waals surface area contributed by atoms with Crippen LogP contribution in [0.2, 0.25) is 0 Å². The molecule has 0 spiro atoms. The summed E-state index contributed by atoms with van der Waals surface area (Å²) < 4.78 is 29.0. The predicted octanol–water partition coefficient (Wildman–Crippen LogP) is 4.31. The van der Waals surface area contributed by atoms with E-state index in [2.05, 4.69) is 10.1 Å². The average Bonchev–Trinajstić information content (AvgIpc) is 3.42. The molecule has 0 radical (unpaired) electrons. The maximum Gasteiger partial charge on any atom is 0.315 e. The number of halogens is 2. The van der Waals surface area contributed by atoms with Crippen LogP contribution in [0.25, 0.3) is 28.0 Å². The molecule has 2 saturated heterocycles. The lowest BCUT2D eigenvalue weighted by Gasteiger charge is -2.38. The Bertz CT molecular complexity index is 1590. The number of hydrogen-bond donors (Lipinski definition) is 2. The minimum absolute atomic E-state index is 0.00305. The molecule has 2 fully saturated rings. The largest absolute Gasteiger partial charge is 0.383 e. The number of rotatable bonds is 4. The van der Waals surface area contributed by atoms with E-state index in [-0.39, 0.29) is 35.2 Å². The SMILES string of the molecule is CC(=O)c1c(C2C[C@H]3CC[C@@H](C2)N3C(N)=O)nc2c(-c3ccc(-c4ccc(F)cc4F)nc3)cnn2c1N. The molecule has 9 nitrogen and oxygen atoms in total. The summed E-state index contributed by atoms with van der Waals surface area (Å²) >= 11 is 0. The van der Waals surface area contributed by atoms with E-state index in [1.165, 1.54) is 23.6 Å². The van der Waals surface area contributed by atoms with Crippen molar-refractivity contribution in [1.29, 1.82) is 0 Å². The minimum atomic E-state index is -0.701. The fraction of sp³-hybridized carbons (Fsp3) is 0.296. The molecule has 1 unspecified atom stereocenters. The van der Waals surface area contributed by atoms with Gasteiger partial charge in [0, 0.05) is 47.0 Å². The van der Waals surface area contributed by atoms with E-state index in [9.17, 15) is 18.4 Å². The highest BCUT2D eigenvalue weighted by atomic mass is 19.1. The molecule has 5 heterocycles. The lowest BCUT2D eigenvalue weighted by Crippen LogP contribution is -2.48. The van der Waals surface area contributed by atoms with Crippen molar-refractivity contribution in [2.24, 2.45) is 5.73 Å². The van der Waals surface area contributed by atoms with Crippen molar-refractivity contribution in [3.63, 3.8) is 0 Å². The Hall–Kier alpha value is -4.41. The van der Waals surface area contributed by atoms with E-state index in [0.717, 1.165) is 18.9 Å². The van der Waals surface area contributed by atoms with Crippen molar-refractivity contribution in [2.45, 2.75) is 50.6 Å². The summed E-state index contributed by atoms with van der Waals surface area (Å²) in [6, 6.07) is 6.32. The molecule has 0 aliphatic carbocycles. The van der Waals surface area contributed by atoms with E-state index in [4.69, 9.17) is 16.5 Å². The Morgan fingerprint density at radius 3 is 2.37 bits per heavy atom. The highest BCUT2D eigenvalue weighted by Gasteiger charge is 2.44. The van der Waals surface area contributed by atoms with Gasteiger partial charge in [0.15, 0.2) is 11.4 Å². The second-order valence-electron chi connectivity index (χ2n) is 9.96. The summed E-state index contributed by atoms with van der Waals surface area (Å²) in [5.41, 5.74) is 15.4. The van der Waals surface area contributed by atoms with Crippen LogP contribution in [-0.2, 0) is 0 Å². The van der Waals surface area contributed by atoms with Crippen LogP contribution < -0.4 is 11.5 Å². The Morgan fingerprint density at radius 1 is 1.03 bits per heavy atom. The number of nitrogen functional groups attached to an aromatic ring is 1. The first kappa shape index (κ1) is 24.0. The number of nitrogens with two attached hydrogens (primary N) is 2. The number of pyridine rings is 1. The van der Waals surface area contributed by atoms with Gasteiger partial charge in [-0.05, 0) is 50.8 Å². The maximum absolute atomic E-state index is 14.2. The number of benzene rings is 1. The van der Waals surface area contributed by atoms with Crippen LogP contribution in [0.4, 0.5) is 19.4 Å². The minimum Gasteiger partial charge on any atom is -0.383 e. The van der Waals surface area contributed by atoms with Crippen molar-refractivity contribution < 1.29 is 18.4 Å². The molecule has 3 atom stereocenters. The van der Waals surface area contributed by atoms with Crippen LogP contribution >= 0.6 is 0 Å². The lowest BCUT2D eigenvalue weighted by molar-refractivity contribution is 0.101. The maximum atomic E-state index is 14.2. The fourth-order valence-electron chi connectivity index (χ4n) is 6.06. The molecule has 0 saturated carbocycles. The summed E-state index contributed by atoms with van der Waals surface area (Å²) in [6.45, 7) is 1.46. The van der Waals surface area contributed by atoms with Crippen molar-refractivity contribution in [1.82, 2.24) is 24.5 Å². The molecule has 38 heavy (non-hydrogen) atoms. The predicted molar refractivity (Wildman–Crippen MR) is 136 cm³/mol. The smallest absolute Gasteiger partial charge is 0.315 e. The quantitative estimate of drug-likeness (QED) is 0.388. The zero-order valence-corrected chi connectivity index (χ0v) is 20.6. The van der Waals surface area contributed by atoms with Crippen LogP contribution in [0, 0.1) is 11.6 Å². The number of primary amides is 1. The molecule has 3 aromatic heterocycles. The van der Waals surface area contributed by atoms with Gasteiger partial charge in [0.05, 0.1) is 23.1 Å². The van der Waals surface area contributed by atoms with Crippen LogP contribution in [0.1, 0.15) is 54.6 Å². The number of ketones is 1. The van der Waals surface area contributed by atoms with Gasteiger partial charge in [0.1, 0.15) is 17.5 Å². The van der Waals surface area contributed by atoms with Crippen molar-refractivity contribution in [3.8, 4) is 22.4 Å². The lowest BCUT2D eigenvalue weighted by atomic mass is 9.85. The van der Waals surface area contributed by atoms with Crippen molar-refractivity contribution >= 4 is 23.3 Å². The second kappa shape index (κ2) is 8.86. The van der Waals surface area contributed by atoms with E-state index in [1.54, 1.807) is 29.4 Å². The van der Waals surface area contributed by atoms with E-state index >= 15 is 0 Å². The molecule has 11 heteroatoms. The molecule has 194 valence electrons. The van der Waals surface area contributed by atoms with Crippen LogP contribution in [0.3, 0.4) is 0 Å². The van der Waals surface area contributed by atoms with Gasteiger partial charge in [-0.2, -0.15) is 9.61 Å². The van der Waals surface area contributed by atoms with Crippen molar-refractivity contribution in [3.05, 3.63) is 65.6 Å². The fourth-order valence-corrected chi connectivity index (χ4v) is 6.06. The molecule has 4 N–H and O–H groups in total. The van der Waals surface area contributed by atoms with E-state index in [0.29, 0.717) is 46.6 Å². The number of carbonyl (C=O) groups is 2. The third kappa shape index (κ3) is 3.77. The first-order valence-corrected chi connectivity index (χ1v) is 12.4. The molecule has 1 aromatic carbocycles. The normalized spacial score (nSPS) is 20.7. The number of fused-ring (bicyclic) bond motifs is 3. The Balaban J connectivity index is 1.41. The molecular weight excluding hydrogens is 492 g/mol. The van der Waals surface area contributed by atoms with Gasteiger partial charge < -0.3 is 16.4 Å². The zero-order chi connectivity index (χ0) is 26.7. The highest BCUT2D eigenvalue weighted by Crippen LogP contribution is 2.44. The van der Waals surface area contributed by atoms with Crippen LogP contribution in [0.5, 0.6) is 0 Å². The van der Waals surface area contributed by atoms with Gasteiger partial charge in [-0.3, -0.25) is 9.78 Å². The summed E-state index contributed by atoms with van der Waals surface area (Å²) in [6.07, 6.45) is 6.18. The number of hydrogen-bond acceptors (Lipinski definition) is 6. The topological polar surface area (TPSA) is 132 Å². The summed E-state index contributed by atoms with van der Waals surface area (Å²) in [5, 5.41) is 4.38. The summed E-state index contributed by atoms with van der Waals surface area (Å²) in [4.78, 5) is 35.7. The van der Waals surface area contributed by atoms with E-state index in [1.807, 2.05) is 0 Å². The third-order valence-electron chi connectivity index (χ3n) is 7.72. The number of aromatic nitrogens is 4. The number of carbonyl (C=O) groups excluding carboxylic acids is 2. The number of anilines is 1. The molecule has 6 rings (SSSR count). The number of urea groups is 1. The Kier molecular flexibility index (Phi) is 5.59. The van der Waals surface area contributed by atoms with E-state index < -0.39 is 17.7 Å². The van der Waals surface area contributed by atoms with Gasteiger partial charge in [0.25, 0.3) is 0 Å². The second-order valence-corrected chi connectivity index (χ2v) is 9.96. The standard InChI is InChI=1S/C27H25F2N7O2/c1-13(37)23-24(15-8-17-4-5-18(9-15)35(17)27(31)38)34-26-20(12-33-36(26)25(23)30)14-2-7-22(32-11-14)19-6-3-16(28)10-21(19)29/h2-3,6-7,10-12,15,17-18H,4-5,8-9,30H2,1H3,(H2,31,38)/t15?,17-,18+. The molecule has 4 aromatic rings. The zero-order valence-electron chi connectivity index (χ0n) is 20.6. The van der Waals surface area contributed by atoms with Gasteiger partial charge in [-0.1, -0.05) is 6.07 Å². The summed E-state index contributed by atoms with van der Waals surface area (Å²) in [7, 11) is 0. The Morgan fingerprint density at radius 2 is 1.76 bits per heavy atom. The Labute approximate surface area is 216 Å². The number of nitrogens with zero attached hydrogens (tertiary/aromatic N) is 5. The molecule has 2 aliphatic heterocycles. The highest BCUT2D eigenvalue weighted by molar-refractivity contribution is 6.00. The van der Waals surface area contributed by atoms with Gasteiger partial charge in [-0.15, -0.1) is 0 Å². The third-order valence-corrected chi connectivity index (χ3v) is 7.72. The first-order valence-electron chi connectivity index (χ1n) is 12.4. The summed E-state index contributed by atoms with van der Waals surface area (Å²) in [5.74, 6) is -1.44. The number of amides is 2. The van der Waals surface area contributed by atoms with Gasteiger partial charge >= 0.3 is 6.03 Å². The van der Waals surface area contributed by atoms with Crippen molar-refractivity contribution in [2.75, 3.05) is 5.73 Å². The monoisotopic (exact) mass is 517 g/mol. The van der Waals surface area contributed by atoms with Crippen LogP contribution in [0.15, 0.2) is 42.7 Å². The molecule has 2 aliphatic rings. The number of Topliss-reactive ketones (excluding diaryl/α,β-unsaturated/α-hetero) is 1. The molecule has 2 bridgehead atoms. The number of piperidine rings is 1. The first-order chi connectivity index (χ1) is 18.2. The average molecular weight is 518 g/mol. The van der Waals surface area contributed by atoms with Crippen LogP contribution in [-0.4, -0.2) is 48.4 Å². The van der Waals surface area contributed by atoms with Gasteiger partial charge in [-0.25, -0.2) is 18.6 Å².